The van der Waals surface area contributed by atoms with Crippen LogP contribution in [-0.2, 0) is 18.3 Å². The Bertz CT molecular complexity index is 371. The summed E-state index contributed by atoms with van der Waals surface area (Å²) < 4.78 is 27.4. The molecule has 0 aromatic rings. The van der Waals surface area contributed by atoms with Crippen LogP contribution in [0.3, 0.4) is 0 Å². The maximum atomic E-state index is 11.8. The number of hydrogen-bond donors (Lipinski definition) is 1. The fourth-order valence-corrected chi connectivity index (χ4v) is 3.54. The lowest BCUT2D eigenvalue weighted by molar-refractivity contribution is -0.628. The third kappa shape index (κ3) is 8.99. The van der Waals surface area contributed by atoms with Crippen LogP contribution in [0.4, 0.5) is 0 Å². The van der Waals surface area contributed by atoms with Crippen molar-refractivity contribution in [3.8, 4) is 0 Å². The van der Waals surface area contributed by atoms with Gasteiger partial charge >= 0.3 is 0 Å². The van der Waals surface area contributed by atoms with E-state index < -0.39 is 14.1 Å². The number of phosphoric ester groups is 1. The molecule has 1 saturated carbocycles. The molecule has 1 aliphatic rings. The smallest absolute Gasteiger partial charge is 0.270 e. The van der Waals surface area contributed by atoms with Crippen molar-refractivity contribution in [3.05, 3.63) is 12.7 Å². The molecule has 0 aliphatic heterocycles. The van der Waals surface area contributed by atoms with Crippen molar-refractivity contribution in [2.45, 2.75) is 51.7 Å². The van der Waals surface area contributed by atoms with E-state index in [1.165, 1.54) is 0 Å². The van der Waals surface area contributed by atoms with Crippen molar-refractivity contribution in [2.75, 3.05) is 26.8 Å². The Balaban J connectivity index is 2.36. The zero-order chi connectivity index (χ0) is 17.1. The third-order valence-corrected chi connectivity index (χ3v) is 5.16. The van der Waals surface area contributed by atoms with Gasteiger partial charge < -0.3 is 19.5 Å². The monoisotopic (exact) mass is 349 g/mol. The van der Waals surface area contributed by atoms with Gasteiger partial charge in [-0.1, -0.05) is 19.4 Å². The number of hydrogen-bond acceptors (Lipinski definition) is 5. The minimum atomic E-state index is -4.30. The van der Waals surface area contributed by atoms with Gasteiger partial charge in [0.05, 0.1) is 20.2 Å². The van der Waals surface area contributed by atoms with E-state index >= 15 is 0 Å². The fraction of sp³-hybridized carbons (Fsp3) is 0.875. The molecular formula is C16H32NO5P. The summed E-state index contributed by atoms with van der Waals surface area (Å²) in [6, 6.07) is 0. The number of ether oxygens (including phenoxy) is 1. The van der Waals surface area contributed by atoms with Crippen LogP contribution >= 0.6 is 7.82 Å². The second-order valence-electron chi connectivity index (χ2n) is 6.15. The first-order chi connectivity index (χ1) is 11.0. The minimum Gasteiger partial charge on any atom is -0.756 e. The molecule has 2 N–H and O–H groups in total. The second-order valence-corrected chi connectivity index (χ2v) is 7.51. The summed E-state index contributed by atoms with van der Waals surface area (Å²) in [6.45, 7) is 7.04. The van der Waals surface area contributed by atoms with Gasteiger partial charge in [-0.3, -0.25) is 9.09 Å². The second kappa shape index (κ2) is 11.3. The number of allylic oxidation sites excluding steroid dienone is 1. The van der Waals surface area contributed by atoms with Crippen LogP contribution in [-0.4, -0.2) is 33.1 Å². The highest BCUT2D eigenvalue weighted by Crippen LogP contribution is 2.41. The first-order valence-electron chi connectivity index (χ1n) is 8.66. The third-order valence-electron chi connectivity index (χ3n) is 4.17. The van der Waals surface area contributed by atoms with Crippen LogP contribution in [0.25, 0.3) is 0 Å². The van der Waals surface area contributed by atoms with Crippen molar-refractivity contribution < 1.29 is 28.6 Å². The normalized spacial score (nSPS) is 25.7. The van der Waals surface area contributed by atoms with Crippen molar-refractivity contribution in [1.82, 2.24) is 0 Å². The lowest BCUT2D eigenvalue weighted by Crippen LogP contribution is -2.80. The Morgan fingerprint density at radius 2 is 2.09 bits per heavy atom. The van der Waals surface area contributed by atoms with E-state index in [4.69, 9.17) is 13.8 Å². The molecule has 2 atom stereocenters. The predicted octanol–water partition coefficient (Wildman–Crippen LogP) is 1.82. The molecule has 1 fully saturated rings. The zero-order valence-electron chi connectivity index (χ0n) is 14.4. The molecule has 23 heavy (non-hydrogen) atoms. The van der Waals surface area contributed by atoms with Crippen LogP contribution in [0.15, 0.2) is 12.7 Å². The summed E-state index contributed by atoms with van der Waals surface area (Å²) in [5, 5.41) is 1.85. The van der Waals surface area contributed by atoms with E-state index in [-0.39, 0.29) is 6.61 Å². The molecule has 0 amide bonds. The molecule has 1 aliphatic carbocycles. The van der Waals surface area contributed by atoms with Crippen molar-refractivity contribution in [1.29, 1.82) is 0 Å². The number of nitrogens with two attached hydrogens (primary N) is 1. The summed E-state index contributed by atoms with van der Waals surface area (Å²) in [7, 11) is -2.45. The van der Waals surface area contributed by atoms with Crippen molar-refractivity contribution in [2.24, 2.45) is 11.8 Å². The topological polar surface area (TPSA) is 84.4 Å². The van der Waals surface area contributed by atoms with Gasteiger partial charge in [0.1, 0.15) is 6.61 Å². The Labute approximate surface area is 140 Å². The summed E-state index contributed by atoms with van der Waals surface area (Å²) in [4.78, 5) is 11.8. The van der Waals surface area contributed by atoms with Gasteiger partial charge in [-0.2, -0.15) is 0 Å². The number of likely N-dealkylation sites (N-methyl/N-ethyl adjacent to an activating group) is 1. The molecule has 136 valence electrons. The highest BCUT2D eigenvalue weighted by Gasteiger charge is 2.23. The maximum Gasteiger partial charge on any atom is 0.270 e. The van der Waals surface area contributed by atoms with Crippen LogP contribution in [0.5, 0.6) is 0 Å². The highest BCUT2D eigenvalue weighted by atomic mass is 31.2. The van der Waals surface area contributed by atoms with Gasteiger partial charge in [-0.15, -0.1) is 6.58 Å². The lowest BCUT2D eigenvalue weighted by Gasteiger charge is -2.30. The molecular weight excluding hydrogens is 317 g/mol. The summed E-state index contributed by atoms with van der Waals surface area (Å²) in [5.41, 5.74) is 0. The van der Waals surface area contributed by atoms with Gasteiger partial charge in [-0.05, 0) is 43.9 Å². The average Bonchev–Trinajstić information content (AvgIpc) is 2.53. The summed E-state index contributed by atoms with van der Waals surface area (Å²) >= 11 is 0. The Hall–Kier alpha value is -0.230. The molecule has 0 heterocycles. The van der Waals surface area contributed by atoms with E-state index in [0.717, 1.165) is 32.1 Å². The largest absolute Gasteiger partial charge is 0.756 e. The number of quaternary nitrogens is 1. The highest BCUT2D eigenvalue weighted by molar-refractivity contribution is 7.45. The zero-order valence-corrected chi connectivity index (χ0v) is 15.3. The van der Waals surface area contributed by atoms with E-state index in [1.54, 1.807) is 0 Å². The molecule has 0 aromatic heterocycles. The Kier molecular flexibility index (Phi) is 10.3. The molecule has 1 rings (SSSR count). The standard InChI is InChI=1S/C16H32NO5P/c1-4-6-16(22-23(18,19)21-12-11-17-3)20-13-15-9-7-14(5-2)8-10-15/h5,14-17H,2,4,6-13H2,1,3H3,(H,18,19). The van der Waals surface area contributed by atoms with Gasteiger partial charge in [-0.25, -0.2) is 0 Å². The van der Waals surface area contributed by atoms with Gasteiger partial charge in [0, 0.05) is 0 Å². The van der Waals surface area contributed by atoms with Crippen LogP contribution < -0.4 is 10.2 Å². The molecule has 0 radical (unpaired) electrons. The lowest BCUT2D eigenvalue weighted by atomic mass is 9.82. The average molecular weight is 349 g/mol. The van der Waals surface area contributed by atoms with Crippen molar-refractivity contribution >= 4 is 7.82 Å². The van der Waals surface area contributed by atoms with Crippen LogP contribution in [0.1, 0.15) is 45.4 Å². The summed E-state index contributed by atoms with van der Waals surface area (Å²) in [6.07, 6.45) is 7.06. The van der Waals surface area contributed by atoms with E-state index in [1.807, 2.05) is 25.4 Å². The van der Waals surface area contributed by atoms with E-state index in [2.05, 4.69) is 6.58 Å². The molecule has 0 spiro atoms. The van der Waals surface area contributed by atoms with Crippen LogP contribution in [0.2, 0.25) is 0 Å². The van der Waals surface area contributed by atoms with Gasteiger partial charge in [0.25, 0.3) is 7.82 Å². The first-order valence-corrected chi connectivity index (χ1v) is 10.1. The SMILES string of the molecule is C=CC1CCC(COC(CCC)OP(=O)([O-])OCC[NH2+]C)CC1. The van der Waals surface area contributed by atoms with Gasteiger partial charge in [0.15, 0.2) is 6.29 Å². The molecule has 0 bridgehead atoms. The Morgan fingerprint density at radius 3 is 2.65 bits per heavy atom. The Morgan fingerprint density at radius 1 is 1.39 bits per heavy atom. The molecule has 7 heteroatoms. The van der Waals surface area contributed by atoms with Crippen LogP contribution in [0, 0.1) is 11.8 Å². The predicted molar refractivity (Wildman–Crippen MR) is 87.7 cm³/mol. The molecule has 6 nitrogen and oxygen atoms in total. The number of phosphoric acid groups is 1. The van der Waals surface area contributed by atoms with Gasteiger partial charge in [0.2, 0.25) is 0 Å². The quantitative estimate of drug-likeness (QED) is 0.251. The maximum absolute atomic E-state index is 11.8. The first kappa shape index (κ1) is 20.8. The molecule has 2 unspecified atom stereocenters. The van der Waals surface area contributed by atoms with Crippen molar-refractivity contribution in [3.63, 3.8) is 0 Å². The fourth-order valence-electron chi connectivity index (χ4n) is 2.69. The molecule has 0 saturated heterocycles. The number of rotatable bonds is 12. The van der Waals surface area contributed by atoms with E-state index in [9.17, 15) is 9.46 Å². The summed E-state index contributed by atoms with van der Waals surface area (Å²) in [5.74, 6) is 1.08. The molecule has 0 aromatic carbocycles. The minimum absolute atomic E-state index is 0.113. The van der Waals surface area contributed by atoms with E-state index in [0.29, 0.717) is 31.4 Å².